The van der Waals surface area contributed by atoms with Crippen molar-refractivity contribution in [2.75, 3.05) is 6.61 Å². The maximum absolute atomic E-state index is 12.9. The minimum absolute atomic E-state index is 0.160. The van der Waals surface area contributed by atoms with E-state index >= 15 is 0 Å². The van der Waals surface area contributed by atoms with Crippen molar-refractivity contribution in [3.63, 3.8) is 0 Å². The van der Waals surface area contributed by atoms with Crippen LogP contribution < -0.4 is 0 Å². The van der Waals surface area contributed by atoms with Gasteiger partial charge in [0.1, 0.15) is 24.4 Å². The van der Waals surface area contributed by atoms with Gasteiger partial charge in [-0.15, -0.1) is 0 Å². The van der Waals surface area contributed by atoms with Gasteiger partial charge < -0.3 is 33.9 Å². The molecule has 1 saturated carbocycles. The lowest BCUT2D eigenvalue weighted by Gasteiger charge is -2.53. The Morgan fingerprint density at radius 1 is 1.10 bits per heavy atom. The van der Waals surface area contributed by atoms with E-state index in [-0.39, 0.29) is 6.42 Å². The Hall–Kier alpha value is -2.76. The van der Waals surface area contributed by atoms with Crippen LogP contribution in [0.25, 0.3) is 0 Å². The number of fused-ring (bicyclic) bond motifs is 4. The van der Waals surface area contributed by atoms with Crippen LogP contribution >= 0.6 is 0 Å². The highest BCUT2D eigenvalue weighted by Crippen LogP contribution is 2.61. The monoisotopic (exact) mass is 550 g/mol. The van der Waals surface area contributed by atoms with E-state index in [2.05, 4.69) is 0 Å². The van der Waals surface area contributed by atoms with E-state index in [1.807, 2.05) is 13.8 Å². The molecule has 4 rings (SSSR count). The van der Waals surface area contributed by atoms with E-state index in [9.17, 15) is 29.4 Å². The van der Waals surface area contributed by atoms with Gasteiger partial charge in [-0.3, -0.25) is 19.2 Å². The minimum atomic E-state index is -2.07. The molecule has 0 radical (unpaired) electrons. The van der Waals surface area contributed by atoms with E-state index in [1.165, 1.54) is 26.8 Å². The van der Waals surface area contributed by atoms with Crippen molar-refractivity contribution in [2.24, 2.45) is 23.2 Å². The fourth-order valence-electron chi connectivity index (χ4n) is 6.76. The van der Waals surface area contributed by atoms with E-state index in [4.69, 9.17) is 23.7 Å². The van der Waals surface area contributed by atoms with Crippen molar-refractivity contribution in [3.8, 4) is 0 Å². The number of hydrogen-bond acceptors (Lipinski definition) is 11. The molecule has 2 saturated heterocycles. The van der Waals surface area contributed by atoms with Gasteiger partial charge in [-0.25, -0.2) is 0 Å². The van der Waals surface area contributed by atoms with Crippen molar-refractivity contribution in [1.29, 1.82) is 0 Å². The molecule has 3 fully saturated rings. The summed E-state index contributed by atoms with van der Waals surface area (Å²) < 4.78 is 29.2. The molecule has 11 nitrogen and oxygen atoms in total. The van der Waals surface area contributed by atoms with Gasteiger partial charge in [0, 0.05) is 37.5 Å². The fourth-order valence-corrected chi connectivity index (χ4v) is 6.76. The third kappa shape index (κ3) is 4.89. The van der Waals surface area contributed by atoms with Crippen LogP contribution in [0.15, 0.2) is 23.8 Å². The third-order valence-electron chi connectivity index (χ3n) is 8.75. The first-order valence-electron chi connectivity index (χ1n) is 13.4. The van der Waals surface area contributed by atoms with Gasteiger partial charge in [-0.05, 0) is 31.1 Å². The largest absolute Gasteiger partial charge is 0.459 e. The van der Waals surface area contributed by atoms with Crippen LogP contribution in [0.2, 0.25) is 0 Å². The molecule has 2 aliphatic carbocycles. The van der Waals surface area contributed by atoms with Crippen molar-refractivity contribution in [2.45, 2.75) is 96.6 Å². The maximum atomic E-state index is 12.9. The van der Waals surface area contributed by atoms with Gasteiger partial charge in [0.15, 0.2) is 11.7 Å². The number of hydrogen-bond donors (Lipinski definition) is 2. The standard InChI is InChI=1S/C28H38O11/c1-7-8-20(32)37-18-10-9-17(12-29)11-19-28(34,14(3)26(33)38-19)24(36-16(5)31)21-13(2)22(35-15(4)30)23-25(39-23)27(18,21)6/h9-11,13-14,18-19,21-25,29,34H,7-8,12H2,1-6H3/b10-9-,17-11+/t13-,14+,18+,19+,21-,22+,23+,24+,25+,27-,28+/m1/s1. The summed E-state index contributed by atoms with van der Waals surface area (Å²) in [6, 6.07) is 0. The molecule has 11 atom stereocenters. The molecule has 2 N–H and O–H groups in total. The highest BCUT2D eigenvalue weighted by molar-refractivity contribution is 5.78. The third-order valence-corrected chi connectivity index (χ3v) is 8.75. The molecular weight excluding hydrogens is 512 g/mol. The number of aliphatic hydroxyl groups excluding tert-OH is 1. The molecule has 39 heavy (non-hydrogen) atoms. The first-order valence-corrected chi connectivity index (χ1v) is 13.4. The first kappa shape index (κ1) is 29.2. The average molecular weight is 551 g/mol. The molecule has 4 aliphatic rings. The Labute approximate surface area is 227 Å². The molecule has 0 aromatic rings. The molecule has 0 bridgehead atoms. The van der Waals surface area contributed by atoms with Crippen LogP contribution in [-0.4, -0.2) is 82.9 Å². The van der Waals surface area contributed by atoms with Crippen molar-refractivity contribution in [1.82, 2.24) is 0 Å². The van der Waals surface area contributed by atoms with Gasteiger partial charge >= 0.3 is 23.9 Å². The molecule has 0 aromatic heterocycles. The Balaban J connectivity index is 1.97. The summed E-state index contributed by atoms with van der Waals surface area (Å²) in [5.41, 5.74) is -2.89. The smallest absolute Gasteiger partial charge is 0.312 e. The molecule has 0 unspecified atom stereocenters. The van der Waals surface area contributed by atoms with Gasteiger partial charge in [0.25, 0.3) is 0 Å². The first-order chi connectivity index (χ1) is 18.3. The summed E-state index contributed by atoms with van der Waals surface area (Å²) in [6.45, 7) is 8.95. The molecule has 216 valence electrons. The average Bonchev–Trinajstić information content (AvgIpc) is 3.63. The van der Waals surface area contributed by atoms with Crippen LogP contribution in [0, 0.1) is 23.2 Å². The van der Waals surface area contributed by atoms with E-state index in [0.717, 1.165) is 0 Å². The minimum Gasteiger partial charge on any atom is -0.459 e. The maximum Gasteiger partial charge on any atom is 0.312 e. The van der Waals surface area contributed by atoms with Gasteiger partial charge in [-0.2, -0.15) is 0 Å². The zero-order valence-electron chi connectivity index (χ0n) is 23.1. The highest BCUT2D eigenvalue weighted by Gasteiger charge is 2.74. The SMILES string of the molecule is CCCC(=O)O[C@H]1/C=C\C(CO)=C/[C@@H]2OC(=O)[C@H](C)[C@@]2(O)[C@@H](OC(C)=O)[C@H]2[C@@H](C)[C@H](OC(C)=O)[C@@H]3O[C@@H]3[C@@]21C. The Bertz CT molecular complexity index is 1080. The van der Waals surface area contributed by atoms with E-state index < -0.39 is 95.9 Å². The lowest BCUT2D eigenvalue weighted by Crippen LogP contribution is -2.67. The molecule has 2 heterocycles. The fraction of sp³-hybridized carbons (Fsp3) is 0.714. The van der Waals surface area contributed by atoms with Crippen molar-refractivity contribution in [3.05, 3.63) is 23.8 Å². The Morgan fingerprint density at radius 2 is 1.77 bits per heavy atom. The van der Waals surface area contributed by atoms with Crippen molar-refractivity contribution < 1.29 is 53.1 Å². The number of carbonyl (C=O) groups is 4. The summed E-state index contributed by atoms with van der Waals surface area (Å²) in [6.07, 6.45) is -0.143. The molecule has 2 aliphatic heterocycles. The highest BCUT2D eigenvalue weighted by atomic mass is 16.6. The summed E-state index contributed by atoms with van der Waals surface area (Å²) in [5, 5.41) is 22.4. The van der Waals surface area contributed by atoms with E-state index in [0.29, 0.717) is 12.0 Å². The van der Waals surface area contributed by atoms with Crippen LogP contribution in [0.3, 0.4) is 0 Å². The number of aliphatic hydroxyl groups is 2. The lowest BCUT2D eigenvalue weighted by molar-refractivity contribution is -0.219. The number of esters is 4. The Kier molecular flexibility index (Phi) is 7.99. The number of rotatable bonds is 6. The zero-order chi connectivity index (χ0) is 28.9. The predicted octanol–water partition coefficient (Wildman–Crippen LogP) is 1.38. The molecule has 0 amide bonds. The zero-order valence-corrected chi connectivity index (χ0v) is 23.1. The summed E-state index contributed by atoms with van der Waals surface area (Å²) >= 11 is 0. The summed E-state index contributed by atoms with van der Waals surface area (Å²) in [4.78, 5) is 50.3. The summed E-state index contributed by atoms with van der Waals surface area (Å²) in [5.74, 6) is -4.96. The van der Waals surface area contributed by atoms with Gasteiger partial charge in [0.05, 0.1) is 18.6 Å². The lowest BCUT2D eigenvalue weighted by atomic mass is 9.54. The number of ether oxygens (including phenoxy) is 5. The molecule has 0 aromatic carbocycles. The van der Waals surface area contributed by atoms with Gasteiger partial charge in [-0.1, -0.05) is 26.8 Å². The van der Waals surface area contributed by atoms with Crippen molar-refractivity contribution >= 4 is 23.9 Å². The van der Waals surface area contributed by atoms with E-state index in [1.54, 1.807) is 19.1 Å². The second-order valence-electron chi connectivity index (χ2n) is 11.3. The van der Waals surface area contributed by atoms with Gasteiger partial charge in [0.2, 0.25) is 0 Å². The number of carbonyl (C=O) groups excluding carboxylic acids is 4. The topological polar surface area (TPSA) is 158 Å². The quantitative estimate of drug-likeness (QED) is 0.280. The summed E-state index contributed by atoms with van der Waals surface area (Å²) in [7, 11) is 0. The molecular formula is C28H38O11. The second kappa shape index (κ2) is 10.7. The van der Waals surface area contributed by atoms with Crippen LogP contribution in [0.5, 0.6) is 0 Å². The normalized spacial score (nSPS) is 44.8. The number of epoxide rings is 1. The molecule has 11 heteroatoms. The predicted molar refractivity (Wildman–Crippen MR) is 134 cm³/mol. The second-order valence-corrected chi connectivity index (χ2v) is 11.3. The van der Waals surface area contributed by atoms with Crippen LogP contribution in [0.4, 0.5) is 0 Å². The van der Waals surface area contributed by atoms with Crippen LogP contribution in [-0.2, 0) is 42.9 Å². The van der Waals surface area contributed by atoms with Crippen LogP contribution in [0.1, 0.15) is 54.4 Å². The molecule has 0 spiro atoms. The Morgan fingerprint density at radius 3 is 2.36 bits per heavy atom.